The molecule has 6 heteroatoms. The molecule has 0 atom stereocenters. The van der Waals surface area contributed by atoms with Crippen LogP contribution in [0, 0.1) is 11.3 Å². The predicted octanol–water partition coefficient (Wildman–Crippen LogP) is 2.17. The molecule has 2 aliphatic heterocycles. The maximum atomic E-state index is 12.7. The molecule has 2 aliphatic rings. The molecule has 3 heterocycles. The zero-order valence-corrected chi connectivity index (χ0v) is 15.4. The summed E-state index contributed by atoms with van der Waals surface area (Å²) >= 11 is 0. The second kappa shape index (κ2) is 6.92. The van der Waals surface area contributed by atoms with Crippen molar-refractivity contribution >= 4 is 22.5 Å². The number of nitriles is 1. The average molecular weight is 362 g/mol. The molecule has 0 aliphatic carbocycles. The monoisotopic (exact) mass is 362 g/mol. The molecule has 1 amide bonds. The van der Waals surface area contributed by atoms with Crippen LogP contribution in [0.25, 0.3) is 10.9 Å². The number of aryl methyl sites for hydroxylation is 1. The van der Waals surface area contributed by atoms with Gasteiger partial charge >= 0.3 is 0 Å². The third kappa shape index (κ3) is 2.89. The number of fused-ring (bicyclic) bond motifs is 1. The molecular weight excluding hydrogens is 340 g/mol. The van der Waals surface area contributed by atoms with Crippen LogP contribution in [-0.4, -0.2) is 41.1 Å². The molecule has 0 N–H and O–H groups in total. The van der Waals surface area contributed by atoms with E-state index in [0.717, 1.165) is 55.5 Å². The normalized spacial score (nSPS) is 18.1. The van der Waals surface area contributed by atoms with Gasteiger partial charge < -0.3 is 14.4 Å². The summed E-state index contributed by atoms with van der Waals surface area (Å²) in [7, 11) is 1.71. The Hall–Kier alpha value is -3.07. The molecule has 138 valence electrons. The number of piperidine rings is 1. The molecule has 0 saturated carbocycles. The number of pyridine rings is 1. The zero-order valence-electron chi connectivity index (χ0n) is 15.4. The molecule has 1 fully saturated rings. The first-order valence-electron chi connectivity index (χ1n) is 9.35. The van der Waals surface area contributed by atoms with Crippen molar-refractivity contribution in [2.75, 3.05) is 24.5 Å². The van der Waals surface area contributed by atoms with Crippen LogP contribution < -0.4 is 10.5 Å². The number of rotatable bonds is 2. The van der Waals surface area contributed by atoms with E-state index in [0.29, 0.717) is 0 Å². The Balaban J connectivity index is 1.67. The Labute approximate surface area is 157 Å². The quantitative estimate of drug-likeness (QED) is 0.821. The van der Waals surface area contributed by atoms with Gasteiger partial charge in [0.15, 0.2) is 0 Å². The largest absolute Gasteiger partial charge is 0.370 e. The first-order valence-corrected chi connectivity index (χ1v) is 9.35. The lowest BCUT2D eigenvalue weighted by Crippen LogP contribution is -2.48. The molecule has 0 bridgehead atoms. The number of aromatic nitrogens is 1. The molecule has 6 nitrogen and oxygen atoms in total. The number of benzene rings is 1. The lowest BCUT2D eigenvalue weighted by molar-refractivity contribution is -0.129. The number of nitrogens with zero attached hydrogens (tertiary/aromatic N) is 4. The number of hydrogen-bond donors (Lipinski definition) is 0. The first kappa shape index (κ1) is 17.3. The number of hydrogen-bond acceptors (Lipinski definition) is 4. The molecule has 27 heavy (non-hydrogen) atoms. The van der Waals surface area contributed by atoms with E-state index >= 15 is 0 Å². The van der Waals surface area contributed by atoms with E-state index in [-0.39, 0.29) is 23.1 Å². The van der Waals surface area contributed by atoms with Gasteiger partial charge in [-0.15, -0.1) is 0 Å². The smallest absolute Gasteiger partial charge is 0.270 e. The van der Waals surface area contributed by atoms with Crippen molar-refractivity contribution in [3.8, 4) is 6.07 Å². The fraction of sp³-hybridized carbons (Fsp3) is 0.381. The van der Waals surface area contributed by atoms with Crippen molar-refractivity contribution in [1.29, 1.82) is 5.26 Å². The first-order chi connectivity index (χ1) is 13.1. The van der Waals surface area contributed by atoms with Crippen LogP contribution in [0.4, 0.5) is 5.69 Å². The molecular formula is C21H22N4O2. The van der Waals surface area contributed by atoms with Crippen molar-refractivity contribution in [3.63, 3.8) is 0 Å². The lowest BCUT2D eigenvalue weighted by Gasteiger charge is -2.40. The molecule has 1 aromatic heterocycles. The maximum Gasteiger partial charge on any atom is 0.270 e. The van der Waals surface area contributed by atoms with Gasteiger partial charge in [0.05, 0.1) is 11.2 Å². The van der Waals surface area contributed by atoms with Crippen molar-refractivity contribution in [1.82, 2.24) is 9.47 Å². The van der Waals surface area contributed by atoms with Gasteiger partial charge in [0.1, 0.15) is 11.6 Å². The summed E-state index contributed by atoms with van der Waals surface area (Å²) in [6.07, 6.45) is 6.18. The minimum atomic E-state index is -0.260. The van der Waals surface area contributed by atoms with Crippen molar-refractivity contribution in [2.45, 2.75) is 25.3 Å². The number of carbonyl (C=O) groups excluding carboxylic acids is 1. The highest BCUT2D eigenvalue weighted by Crippen LogP contribution is 2.31. The van der Waals surface area contributed by atoms with Gasteiger partial charge in [-0.1, -0.05) is 24.3 Å². The molecule has 0 spiro atoms. The highest BCUT2D eigenvalue weighted by Gasteiger charge is 2.30. The second-order valence-electron chi connectivity index (χ2n) is 7.16. The van der Waals surface area contributed by atoms with E-state index in [2.05, 4.69) is 11.0 Å². The van der Waals surface area contributed by atoms with Crippen LogP contribution in [0.3, 0.4) is 0 Å². The summed E-state index contributed by atoms with van der Waals surface area (Å²) in [5, 5.41) is 10.6. The van der Waals surface area contributed by atoms with E-state index in [9.17, 15) is 14.9 Å². The van der Waals surface area contributed by atoms with Crippen LogP contribution in [0.5, 0.6) is 0 Å². The van der Waals surface area contributed by atoms with Crippen molar-refractivity contribution in [2.24, 2.45) is 7.05 Å². The Morgan fingerprint density at radius 1 is 1.11 bits per heavy atom. The number of para-hydroxylation sites is 1. The highest BCUT2D eigenvalue weighted by molar-refractivity contribution is 5.95. The maximum absolute atomic E-state index is 12.7. The summed E-state index contributed by atoms with van der Waals surface area (Å²) in [6, 6.07) is 10.1. The molecule has 0 radical (unpaired) electrons. The van der Waals surface area contributed by atoms with Crippen LogP contribution in [0.15, 0.2) is 41.2 Å². The van der Waals surface area contributed by atoms with Crippen LogP contribution in [0.1, 0.15) is 24.8 Å². The molecule has 1 aromatic carbocycles. The Bertz CT molecular complexity index is 1020. The zero-order chi connectivity index (χ0) is 19.0. The third-order valence-corrected chi connectivity index (χ3v) is 5.69. The van der Waals surface area contributed by atoms with Crippen LogP contribution in [0.2, 0.25) is 0 Å². The Morgan fingerprint density at radius 3 is 2.56 bits per heavy atom. The topological polar surface area (TPSA) is 69.3 Å². The lowest BCUT2D eigenvalue weighted by atomic mass is 9.99. The highest BCUT2D eigenvalue weighted by atomic mass is 16.2. The number of amides is 1. The van der Waals surface area contributed by atoms with Gasteiger partial charge in [0, 0.05) is 38.1 Å². The van der Waals surface area contributed by atoms with Crippen molar-refractivity contribution < 1.29 is 4.79 Å². The van der Waals surface area contributed by atoms with Gasteiger partial charge in [0.2, 0.25) is 5.91 Å². The summed E-state index contributed by atoms with van der Waals surface area (Å²) < 4.78 is 1.54. The van der Waals surface area contributed by atoms with Gasteiger partial charge in [-0.3, -0.25) is 9.59 Å². The van der Waals surface area contributed by atoms with Crippen LogP contribution in [-0.2, 0) is 11.8 Å². The summed E-state index contributed by atoms with van der Waals surface area (Å²) in [6.45, 7) is 2.23. The third-order valence-electron chi connectivity index (χ3n) is 5.69. The van der Waals surface area contributed by atoms with Crippen LogP contribution >= 0.6 is 0 Å². The SMILES string of the molecule is Cn1c(=O)c(C#N)c(N2CCC(N3CCC=CC3=O)CC2)c2ccccc21. The summed E-state index contributed by atoms with van der Waals surface area (Å²) in [5.74, 6) is 0.0939. The fourth-order valence-corrected chi connectivity index (χ4v) is 4.28. The van der Waals surface area contributed by atoms with E-state index in [4.69, 9.17) is 0 Å². The van der Waals surface area contributed by atoms with Gasteiger partial charge in [-0.2, -0.15) is 5.26 Å². The van der Waals surface area contributed by atoms with E-state index < -0.39 is 0 Å². The van der Waals surface area contributed by atoms with E-state index in [1.54, 1.807) is 17.7 Å². The minimum Gasteiger partial charge on any atom is -0.370 e. The predicted molar refractivity (Wildman–Crippen MR) is 105 cm³/mol. The summed E-state index contributed by atoms with van der Waals surface area (Å²) in [5.41, 5.74) is 1.51. The Morgan fingerprint density at radius 2 is 1.85 bits per heavy atom. The van der Waals surface area contributed by atoms with Gasteiger partial charge in [-0.25, -0.2) is 0 Å². The standard InChI is InChI=1S/C21H22N4O2/c1-23-18-7-3-2-6-16(18)20(17(14-22)21(23)27)24-12-9-15(10-13-24)25-11-5-4-8-19(25)26/h2-4,6-8,15H,5,9-13H2,1H3. The van der Waals surface area contributed by atoms with Gasteiger partial charge in [0.25, 0.3) is 5.56 Å². The van der Waals surface area contributed by atoms with E-state index in [1.807, 2.05) is 35.2 Å². The molecule has 1 saturated heterocycles. The minimum absolute atomic E-state index is 0.0939. The fourth-order valence-electron chi connectivity index (χ4n) is 4.28. The second-order valence-corrected chi connectivity index (χ2v) is 7.16. The average Bonchev–Trinajstić information content (AvgIpc) is 2.71. The Kier molecular flexibility index (Phi) is 4.44. The number of anilines is 1. The van der Waals surface area contributed by atoms with Gasteiger partial charge in [-0.05, 0) is 31.4 Å². The molecule has 2 aromatic rings. The van der Waals surface area contributed by atoms with E-state index in [1.165, 1.54) is 0 Å². The molecule has 4 rings (SSSR count). The summed E-state index contributed by atoms with van der Waals surface area (Å²) in [4.78, 5) is 28.9. The number of carbonyl (C=O) groups is 1. The molecule has 0 unspecified atom stereocenters. The van der Waals surface area contributed by atoms with Crippen molar-refractivity contribution in [3.05, 3.63) is 52.3 Å².